The number of H-pyrrole nitrogens is 1. The summed E-state index contributed by atoms with van der Waals surface area (Å²) in [6, 6.07) is 7.87. The number of aliphatic imine (C=N–C) groups is 1. The van der Waals surface area contributed by atoms with Gasteiger partial charge in [-0.2, -0.15) is 4.99 Å². The first-order valence-corrected chi connectivity index (χ1v) is 7.98. The molecule has 1 aromatic carbocycles. The van der Waals surface area contributed by atoms with Crippen LogP contribution < -0.4 is 5.73 Å². The van der Waals surface area contributed by atoms with Crippen LogP contribution in [0.5, 0.6) is 0 Å². The summed E-state index contributed by atoms with van der Waals surface area (Å²) in [6.07, 6.45) is 1.10. The number of aromatic nitrogens is 1. The number of carbonyl (C=O) groups is 2. The van der Waals surface area contributed by atoms with Crippen molar-refractivity contribution in [3.63, 3.8) is 0 Å². The number of nitrogens with one attached hydrogen (secondary N) is 1. The van der Waals surface area contributed by atoms with Crippen molar-refractivity contribution in [2.75, 3.05) is 6.73 Å². The maximum atomic E-state index is 12.4. The van der Waals surface area contributed by atoms with Gasteiger partial charge in [0.15, 0.2) is 18.5 Å². The Bertz CT molecular complexity index is 901. The highest BCUT2D eigenvalue weighted by Crippen LogP contribution is 2.32. The molecule has 130 valence electrons. The summed E-state index contributed by atoms with van der Waals surface area (Å²) < 4.78 is 10.7. The highest BCUT2D eigenvalue weighted by atomic mass is 16.6. The molecule has 1 aromatic heterocycles. The van der Waals surface area contributed by atoms with E-state index in [-0.39, 0.29) is 18.7 Å². The fourth-order valence-corrected chi connectivity index (χ4v) is 3.19. The Hall–Kier alpha value is -2.87. The molecule has 3 atom stereocenters. The maximum absolute atomic E-state index is 12.4. The zero-order valence-corrected chi connectivity index (χ0v) is 13.9. The number of hydrogen-bond donors (Lipinski definition) is 2. The number of hydrogen-bond acceptors (Lipinski definition) is 6. The Kier molecular flexibility index (Phi) is 3.33. The molecule has 0 saturated carbocycles. The van der Waals surface area contributed by atoms with Gasteiger partial charge >= 0.3 is 12.0 Å². The molecule has 2 aliphatic heterocycles. The molecule has 0 aliphatic carbocycles. The van der Waals surface area contributed by atoms with E-state index < -0.39 is 23.6 Å². The molecule has 0 bridgehead atoms. The van der Waals surface area contributed by atoms with E-state index in [2.05, 4.69) is 9.98 Å². The molecule has 25 heavy (non-hydrogen) atoms. The van der Waals surface area contributed by atoms with Crippen molar-refractivity contribution in [2.24, 2.45) is 10.7 Å². The topological polar surface area (TPSA) is 110 Å². The second kappa shape index (κ2) is 5.32. The number of rotatable bonds is 2. The smallest absolute Gasteiger partial charge is 0.348 e. The van der Waals surface area contributed by atoms with E-state index in [0.29, 0.717) is 0 Å². The van der Waals surface area contributed by atoms with E-state index in [1.165, 1.54) is 11.8 Å². The van der Waals surface area contributed by atoms with Crippen LogP contribution >= 0.6 is 0 Å². The molecule has 3 heterocycles. The molecule has 2 aromatic rings. The number of carbonyl (C=O) groups excluding carboxylic acids is 2. The zero-order valence-electron chi connectivity index (χ0n) is 13.9. The van der Waals surface area contributed by atoms with E-state index in [1.54, 1.807) is 0 Å². The Labute approximate surface area is 143 Å². The van der Waals surface area contributed by atoms with Gasteiger partial charge in [-0.3, -0.25) is 15.4 Å². The molecule has 1 amide bonds. The van der Waals surface area contributed by atoms with Crippen LogP contribution in [0.3, 0.4) is 0 Å². The highest BCUT2D eigenvalue weighted by molar-refractivity contribution is 6.01. The molecule has 0 radical (unpaired) electrons. The number of fused-ring (bicyclic) bond motifs is 1. The Morgan fingerprint density at radius 1 is 1.40 bits per heavy atom. The molecule has 3 N–H and O–H groups in total. The zero-order chi connectivity index (χ0) is 17.8. The fraction of sp³-hybridized carbons (Fsp3) is 0.353. The first-order chi connectivity index (χ1) is 11.9. The summed E-state index contributed by atoms with van der Waals surface area (Å²) >= 11 is 0. The minimum absolute atomic E-state index is 0.0255. The molecule has 8 nitrogen and oxygen atoms in total. The molecule has 1 fully saturated rings. The summed E-state index contributed by atoms with van der Waals surface area (Å²) in [6.45, 7) is 3.31. The number of amidine groups is 1. The van der Waals surface area contributed by atoms with Gasteiger partial charge in [0.05, 0.1) is 0 Å². The lowest BCUT2D eigenvalue weighted by atomic mass is 9.94. The third kappa shape index (κ3) is 2.29. The van der Waals surface area contributed by atoms with Gasteiger partial charge in [-0.05, 0) is 18.6 Å². The number of aromatic amines is 1. The molecule has 0 spiro atoms. The average Bonchev–Trinajstić information content (AvgIpc) is 3.24. The molecule has 8 heteroatoms. The Morgan fingerprint density at radius 3 is 2.88 bits per heavy atom. The van der Waals surface area contributed by atoms with Crippen LogP contribution in [0.4, 0.5) is 0 Å². The predicted molar refractivity (Wildman–Crippen MR) is 89.4 cm³/mol. The van der Waals surface area contributed by atoms with Crippen molar-refractivity contribution in [1.82, 2.24) is 9.88 Å². The van der Waals surface area contributed by atoms with Gasteiger partial charge in [0.1, 0.15) is 0 Å². The number of para-hydroxylation sites is 1. The lowest BCUT2D eigenvalue weighted by Gasteiger charge is -2.27. The molecule has 4 rings (SSSR count). The molecule has 1 saturated heterocycles. The number of benzene rings is 1. The maximum Gasteiger partial charge on any atom is 0.348 e. The van der Waals surface area contributed by atoms with Crippen molar-refractivity contribution < 1.29 is 19.1 Å². The number of amides is 1. The fourth-order valence-electron chi connectivity index (χ4n) is 3.19. The lowest BCUT2D eigenvalue weighted by molar-refractivity contribution is -0.142. The lowest BCUT2D eigenvalue weighted by Crippen LogP contribution is -2.56. The van der Waals surface area contributed by atoms with E-state index in [1.807, 2.05) is 37.4 Å². The van der Waals surface area contributed by atoms with Gasteiger partial charge in [0.2, 0.25) is 0 Å². The van der Waals surface area contributed by atoms with E-state index in [9.17, 15) is 9.59 Å². The molecular weight excluding hydrogens is 324 g/mol. The van der Waals surface area contributed by atoms with Crippen LogP contribution in [-0.2, 0) is 19.1 Å². The number of nitrogens with two attached hydrogens (primary N) is 1. The third-order valence-corrected chi connectivity index (χ3v) is 4.78. The van der Waals surface area contributed by atoms with Gasteiger partial charge in [-0.1, -0.05) is 25.1 Å². The average molecular weight is 342 g/mol. The second-order valence-electron chi connectivity index (χ2n) is 6.49. The van der Waals surface area contributed by atoms with Crippen LogP contribution in [0.15, 0.2) is 35.5 Å². The molecular formula is C17H18N4O4. The number of cyclic esters (lactones) is 1. The first-order valence-electron chi connectivity index (χ1n) is 7.98. The third-order valence-electron chi connectivity index (χ3n) is 4.78. The van der Waals surface area contributed by atoms with Crippen molar-refractivity contribution in [3.8, 4) is 0 Å². The van der Waals surface area contributed by atoms with Crippen molar-refractivity contribution >= 4 is 28.8 Å². The van der Waals surface area contributed by atoms with Crippen LogP contribution in [0.2, 0.25) is 0 Å². The van der Waals surface area contributed by atoms with Gasteiger partial charge in [-0.25, -0.2) is 4.79 Å². The van der Waals surface area contributed by atoms with Crippen molar-refractivity contribution in [1.29, 1.82) is 0 Å². The van der Waals surface area contributed by atoms with Gasteiger partial charge in [0, 0.05) is 23.0 Å². The standard InChI is InChI=1S/C17H18N4O4/c1-9(11-7-19-12-6-4-3-5-10(11)12)13-14(22)20-16(25-13)21-8-24-15(23)17(21,2)18/h3-7,9,13,19H,8,18H2,1-2H3/t9-,13+,17+/m1/s1. The summed E-state index contributed by atoms with van der Waals surface area (Å²) in [4.78, 5) is 32.6. The SMILES string of the molecule is C[C@H](c1c[nH]c2ccccc12)[C@@H]1OC(N2COC(=O)[C@@]2(C)N)=NC1=O. The highest BCUT2D eigenvalue weighted by Gasteiger charge is 2.49. The summed E-state index contributed by atoms with van der Waals surface area (Å²) in [5, 5.41) is 1.03. The van der Waals surface area contributed by atoms with Crippen LogP contribution in [0.1, 0.15) is 25.3 Å². The number of nitrogens with zero attached hydrogens (tertiary/aromatic N) is 2. The largest absolute Gasteiger partial charge is 0.451 e. The van der Waals surface area contributed by atoms with E-state index >= 15 is 0 Å². The van der Waals surface area contributed by atoms with E-state index in [0.717, 1.165) is 16.5 Å². The van der Waals surface area contributed by atoms with Gasteiger partial charge in [0.25, 0.3) is 5.91 Å². The molecule has 0 unspecified atom stereocenters. The summed E-state index contributed by atoms with van der Waals surface area (Å²) in [5.74, 6) is -1.21. The monoisotopic (exact) mass is 342 g/mol. The quantitative estimate of drug-likeness (QED) is 0.789. The summed E-state index contributed by atoms with van der Waals surface area (Å²) in [7, 11) is 0. The minimum Gasteiger partial charge on any atom is -0.451 e. The first kappa shape index (κ1) is 15.6. The second-order valence-corrected chi connectivity index (χ2v) is 6.49. The Balaban J connectivity index is 1.59. The Morgan fingerprint density at radius 2 is 2.16 bits per heavy atom. The molecule has 2 aliphatic rings. The van der Waals surface area contributed by atoms with Crippen LogP contribution in [0, 0.1) is 0 Å². The minimum atomic E-state index is -1.40. The number of ether oxygens (including phenoxy) is 2. The van der Waals surface area contributed by atoms with Gasteiger partial charge in [-0.15, -0.1) is 0 Å². The van der Waals surface area contributed by atoms with E-state index in [4.69, 9.17) is 15.2 Å². The van der Waals surface area contributed by atoms with Gasteiger partial charge < -0.3 is 14.5 Å². The number of esters is 1. The van der Waals surface area contributed by atoms with Crippen molar-refractivity contribution in [2.45, 2.75) is 31.5 Å². The summed E-state index contributed by atoms with van der Waals surface area (Å²) in [5.41, 5.74) is 6.51. The van der Waals surface area contributed by atoms with Crippen LogP contribution in [-0.4, -0.2) is 46.3 Å². The normalized spacial score (nSPS) is 27.4. The van der Waals surface area contributed by atoms with Crippen molar-refractivity contribution in [3.05, 3.63) is 36.0 Å². The van der Waals surface area contributed by atoms with Crippen LogP contribution in [0.25, 0.3) is 10.9 Å². The predicted octanol–water partition coefficient (Wildman–Crippen LogP) is 1.04.